The highest BCUT2D eigenvalue weighted by Gasteiger charge is 2.49. The minimum Gasteiger partial charge on any atom is -0.480 e. The Kier molecular flexibility index (Phi) is 3.20. The molecule has 6 heteroatoms. The van der Waals surface area contributed by atoms with E-state index < -0.39 is 5.97 Å². The highest BCUT2D eigenvalue weighted by molar-refractivity contribution is 5.68. The van der Waals surface area contributed by atoms with Gasteiger partial charge in [0.25, 0.3) is 0 Å². The normalized spacial score (nSPS) is 33.9. The summed E-state index contributed by atoms with van der Waals surface area (Å²) in [5.41, 5.74) is -0.148. The second-order valence-electron chi connectivity index (χ2n) is 4.59. The number of aliphatic carboxylic acids is 1. The van der Waals surface area contributed by atoms with Gasteiger partial charge < -0.3 is 9.84 Å². The lowest BCUT2D eigenvalue weighted by Crippen LogP contribution is -2.40. The van der Waals surface area contributed by atoms with E-state index in [4.69, 9.17) is 9.84 Å². The summed E-state index contributed by atoms with van der Waals surface area (Å²) in [5.74, 6) is -0.949. The van der Waals surface area contributed by atoms with Crippen LogP contribution in [0.5, 0.6) is 0 Å². The third-order valence-electron chi connectivity index (χ3n) is 3.57. The Morgan fingerprint density at radius 2 is 2.44 bits per heavy atom. The standard InChI is InChI=1S/C10H16N2O4/c13-9(14)6-16-8-4-10(7-11-15)2-1-3-12(10)5-8/h8H,1-7H2,(H,13,14). The molecule has 2 unspecified atom stereocenters. The number of ether oxygens (including phenoxy) is 1. The maximum Gasteiger partial charge on any atom is 0.329 e. The summed E-state index contributed by atoms with van der Waals surface area (Å²) in [7, 11) is 0. The van der Waals surface area contributed by atoms with Gasteiger partial charge in [0, 0.05) is 12.1 Å². The molecule has 2 aliphatic heterocycles. The molecule has 2 aliphatic rings. The van der Waals surface area contributed by atoms with Gasteiger partial charge in [0.1, 0.15) is 6.61 Å². The average molecular weight is 228 g/mol. The number of carboxylic acids is 1. The van der Waals surface area contributed by atoms with Gasteiger partial charge in [0.15, 0.2) is 0 Å². The monoisotopic (exact) mass is 228 g/mol. The number of carboxylic acid groups (broad SMARTS) is 1. The lowest BCUT2D eigenvalue weighted by molar-refractivity contribution is -0.144. The molecule has 0 aromatic carbocycles. The zero-order chi connectivity index (χ0) is 11.6. The van der Waals surface area contributed by atoms with Gasteiger partial charge in [-0.25, -0.2) is 4.79 Å². The lowest BCUT2D eigenvalue weighted by atomic mass is 9.93. The van der Waals surface area contributed by atoms with Gasteiger partial charge in [-0.3, -0.25) is 4.90 Å². The van der Waals surface area contributed by atoms with Gasteiger partial charge in [0.2, 0.25) is 0 Å². The number of nitrogens with zero attached hydrogens (tertiary/aromatic N) is 2. The average Bonchev–Trinajstić information content (AvgIpc) is 2.71. The van der Waals surface area contributed by atoms with Crippen LogP contribution in [0.3, 0.4) is 0 Å². The van der Waals surface area contributed by atoms with Gasteiger partial charge in [-0.05, 0) is 25.8 Å². The van der Waals surface area contributed by atoms with E-state index in [0.717, 1.165) is 32.4 Å². The second kappa shape index (κ2) is 4.47. The highest BCUT2D eigenvalue weighted by Crippen LogP contribution is 2.40. The second-order valence-corrected chi connectivity index (χ2v) is 4.59. The molecule has 2 atom stereocenters. The minimum absolute atomic E-state index is 0.0712. The van der Waals surface area contributed by atoms with Crippen LogP contribution in [0.15, 0.2) is 5.18 Å². The SMILES string of the molecule is O=NCC12CCCN1CC(OCC(=O)O)C2. The molecule has 0 amide bonds. The quantitative estimate of drug-likeness (QED) is 0.691. The van der Waals surface area contributed by atoms with Crippen molar-refractivity contribution < 1.29 is 14.6 Å². The molecule has 0 aromatic rings. The molecule has 0 bridgehead atoms. The first-order valence-corrected chi connectivity index (χ1v) is 5.54. The Bertz CT molecular complexity index is 297. The molecular weight excluding hydrogens is 212 g/mol. The van der Waals surface area contributed by atoms with Gasteiger partial charge in [-0.2, -0.15) is 4.91 Å². The van der Waals surface area contributed by atoms with Crippen LogP contribution in [-0.4, -0.2) is 53.9 Å². The summed E-state index contributed by atoms with van der Waals surface area (Å²) >= 11 is 0. The topological polar surface area (TPSA) is 79.2 Å². The van der Waals surface area contributed by atoms with E-state index in [2.05, 4.69) is 10.1 Å². The molecule has 2 rings (SSSR count). The van der Waals surface area contributed by atoms with Crippen LogP contribution in [0.25, 0.3) is 0 Å². The molecular formula is C10H16N2O4. The van der Waals surface area contributed by atoms with Crippen LogP contribution in [0, 0.1) is 4.91 Å². The summed E-state index contributed by atoms with van der Waals surface area (Å²) < 4.78 is 5.29. The molecule has 0 spiro atoms. The predicted octanol–water partition coefficient (Wildman–Crippen LogP) is 0.461. The van der Waals surface area contributed by atoms with Crippen LogP contribution in [-0.2, 0) is 9.53 Å². The smallest absolute Gasteiger partial charge is 0.329 e. The first-order valence-electron chi connectivity index (χ1n) is 5.54. The maximum absolute atomic E-state index is 10.5. The molecule has 1 N–H and O–H groups in total. The zero-order valence-corrected chi connectivity index (χ0v) is 9.09. The van der Waals surface area contributed by atoms with E-state index in [1.807, 2.05) is 0 Å². The minimum atomic E-state index is -0.949. The summed E-state index contributed by atoms with van der Waals surface area (Å²) in [5, 5.41) is 11.6. The number of fused-ring (bicyclic) bond motifs is 1. The van der Waals surface area contributed by atoms with E-state index in [0.29, 0.717) is 6.54 Å². The maximum atomic E-state index is 10.5. The van der Waals surface area contributed by atoms with Crippen molar-refractivity contribution in [2.75, 3.05) is 26.2 Å². The van der Waals surface area contributed by atoms with Crippen LogP contribution >= 0.6 is 0 Å². The molecule has 6 nitrogen and oxygen atoms in total. The molecule has 0 aromatic heterocycles. The van der Waals surface area contributed by atoms with Crippen molar-refractivity contribution in [1.82, 2.24) is 4.90 Å². The van der Waals surface area contributed by atoms with Crippen LogP contribution in [0.1, 0.15) is 19.3 Å². The Morgan fingerprint density at radius 3 is 3.12 bits per heavy atom. The molecule has 90 valence electrons. The van der Waals surface area contributed by atoms with Gasteiger partial charge in [-0.1, -0.05) is 5.18 Å². The van der Waals surface area contributed by atoms with Crippen LogP contribution in [0.2, 0.25) is 0 Å². The summed E-state index contributed by atoms with van der Waals surface area (Å²) in [6.45, 7) is 1.72. The fourth-order valence-electron chi connectivity index (χ4n) is 2.91. The summed E-state index contributed by atoms with van der Waals surface area (Å²) in [6.07, 6.45) is 2.71. The molecule has 2 fully saturated rings. The van der Waals surface area contributed by atoms with Gasteiger partial charge in [-0.15, -0.1) is 0 Å². The summed E-state index contributed by atoms with van der Waals surface area (Å²) in [4.78, 5) is 23.1. The van der Waals surface area contributed by atoms with Crippen LogP contribution in [0.4, 0.5) is 0 Å². The van der Waals surface area contributed by atoms with E-state index in [1.54, 1.807) is 0 Å². The zero-order valence-electron chi connectivity index (χ0n) is 9.09. The predicted molar refractivity (Wildman–Crippen MR) is 56.2 cm³/mol. The van der Waals surface area contributed by atoms with Crippen molar-refractivity contribution in [3.05, 3.63) is 4.91 Å². The van der Waals surface area contributed by atoms with E-state index >= 15 is 0 Å². The van der Waals surface area contributed by atoms with Crippen molar-refractivity contribution in [1.29, 1.82) is 0 Å². The van der Waals surface area contributed by atoms with Gasteiger partial charge in [0.05, 0.1) is 12.6 Å². The number of hydrogen-bond donors (Lipinski definition) is 1. The molecule has 2 saturated heterocycles. The first kappa shape index (κ1) is 11.5. The van der Waals surface area contributed by atoms with E-state index in [9.17, 15) is 9.70 Å². The number of hydrogen-bond acceptors (Lipinski definition) is 5. The third kappa shape index (κ3) is 2.08. The Hall–Kier alpha value is -1.01. The van der Waals surface area contributed by atoms with Crippen molar-refractivity contribution >= 4 is 5.97 Å². The van der Waals surface area contributed by atoms with Crippen molar-refractivity contribution in [2.45, 2.75) is 30.9 Å². The van der Waals surface area contributed by atoms with Crippen molar-refractivity contribution in [3.63, 3.8) is 0 Å². The fourth-order valence-corrected chi connectivity index (χ4v) is 2.91. The number of nitroso groups, excluding NO2 is 1. The largest absolute Gasteiger partial charge is 0.480 e. The van der Waals surface area contributed by atoms with E-state index in [1.165, 1.54) is 0 Å². The Balaban J connectivity index is 1.93. The van der Waals surface area contributed by atoms with Crippen LogP contribution < -0.4 is 0 Å². The van der Waals surface area contributed by atoms with Crippen molar-refractivity contribution in [2.24, 2.45) is 5.18 Å². The van der Waals surface area contributed by atoms with E-state index in [-0.39, 0.29) is 18.2 Å². The Labute approximate surface area is 93.5 Å². The lowest BCUT2D eigenvalue weighted by Gasteiger charge is -2.28. The number of rotatable bonds is 5. The summed E-state index contributed by atoms with van der Waals surface area (Å²) in [6, 6.07) is 0. The van der Waals surface area contributed by atoms with Gasteiger partial charge >= 0.3 is 5.97 Å². The Morgan fingerprint density at radius 1 is 1.62 bits per heavy atom. The molecule has 0 radical (unpaired) electrons. The first-order chi connectivity index (χ1) is 7.66. The molecule has 0 saturated carbocycles. The molecule has 0 aliphatic carbocycles. The molecule has 2 heterocycles. The molecule has 16 heavy (non-hydrogen) atoms. The fraction of sp³-hybridized carbons (Fsp3) is 0.900. The number of carbonyl (C=O) groups is 1. The highest BCUT2D eigenvalue weighted by atomic mass is 16.5. The third-order valence-corrected chi connectivity index (χ3v) is 3.57. The van der Waals surface area contributed by atoms with Crippen molar-refractivity contribution in [3.8, 4) is 0 Å².